The summed E-state index contributed by atoms with van der Waals surface area (Å²) in [5.41, 5.74) is 0.0908. The van der Waals surface area contributed by atoms with E-state index in [1.807, 2.05) is 0 Å². The number of rotatable bonds is 2. The van der Waals surface area contributed by atoms with Crippen LogP contribution in [0.4, 0.5) is 8.78 Å². The highest BCUT2D eigenvalue weighted by molar-refractivity contribution is 6.05. The van der Waals surface area contributed by atoms with Gasteiger partial charge in [-0.15, -0.1) is 0 Å². The first-order chi connectivity index (χ1) is 7.99. The number of hydrogen-bond acceptors (Lipinski definition) is 2. The maximum Gasteiger partial charge on any atom is 0.231 e. The van der Waals surface area contributed by atoms with Crippen LogP contribution in [0.5, 0.6) is 0 Å². The monoisotopic (exact) mass is 239 g/mol. The van der Waals surface area contributed by atoms with Crippen LogP contribution in [0.25, 0.3) is 0 Å². The van der Waals surface area contributed by atoms with E-state index >= 15 is 0 Å². The summed E-state index contributed by atoms with van der Waals surface area (Å²) in [6, 6.07) is 2.45. The molecule has 1 aliphatic rings. The summed E-state index contributed by atoms with van der Waals surface area (Å²) in [7, 11) is 0. The van der Waals surface area contributed by atoms with Gasteiger partial charge in [0.25, 0.3) is 0 Å². The van der Waals surface area contributed by atoms with Crippen molar-refractivity contribution < 1.29 is 18.4 Å². The van der Waals surface area contributed by atoms with E-state index in [4.69, 9.17) is 0 Å². The molecule has 0 N–H and O–H groups in total. The first kappa shape index (κ1) is 11.7. The van der Waals surface area contributed by atoms with E-state index in [-0.39, 0.29) is 30.2 Å². The Labute approximate surface area is 97.0 Å². The summed E-state index contributed by atoms with van der Waals surface area (Å²) in [5, 5.41) is 0. The van der Waals surface area contributed by atoms with Crippen LogP contribution in [0.15, 0.2) is 18.2 Å². The van der Waals surface area contributed by atoms with Crippen LogP contribution in [0.2, 0.25) is 0 Å². The molecule has 90 valence electrons. The van der Waals surface area contributed by atoms with Crippen LogP contribution >= 0.6 is 0 Å². The van der Waals surface area contributed by atoms with Crippen molar-refractivity contribution in [2.75, 3.05) is 6.54 Å². The van der Waals surface area contributed by atoms with Crippen LogP contribution in [-0.4, -0.2) is 23.1 Å². The maximum atomic E-state index is 13.5. The Morgan fingerprint density at radius 2 is 2.00 bits per heavy atom. The van der Waals surface area contributed by atoms with Gasteiger partial charge in [-0.1, -0.05) is 0 Å². The molecule has 0 radical (unpaired) electrons. The molecule has 3 nitrogen and oxygen atoms in total. The van der Waals surface area contributed by atoms with Gasteiger partial charge >= 0.3 is 0 Å². The number of amides is 1. The van der Waals surface area contributed by atoms with E-state index in [2.05, 4.69) is 0 Å². The molecule has 17 heavy (non-hydrogen) atoms. The van der Waals surface area contributed by atoms with Crippen molar-refractivity contribution in [2.45, 2.75) is 19.4 Å². The van der Waals surface area contributed by atoms with Gasteiger partial charge in [-0.25, -0.2) is 8.78 Å². The zero-order valence-electron chi connectivity index (χ0n) is 9.24. The number of carbonyl (C=O) groups is 2. The van der Waals surface area contributed by atoms with Gasteiger partial charge in [0.05, 0.1) is 19.0 Å². The number of nitrogens with zero attached hydrogens (tertiary/aromatic N) is 1. The zero-order valence-corrected chi connectivity index (χ0v) is 9.24. The Morgan fingerprint density at radius 3 is 2.59 bits per heavy atom. The highest BCUT2D eigenvalue weighted by Gasteiger charge is 2.32. The van der Waals surface area contributed by atoms with Crippen molar-refractivity contribution >= 4 is 11.7 Å². The highest BCUT2D eigenvalue weighted by atomic mass is 19.1. The third-order valence-electron chi connectivity index (χ3n) is 2.89. The molecule has 0 aromatic heterocycles. The van der Waals surface area contributed by atoms with Crippen molar-refractivity contribution in [3.63, 3.8) is 0 Å². The lowest BCUT2D eigenvalue weighted by Crippen LogP contribution is -2.29. The predicted molar refractivity (Wildman–Crippen MR) is 56.1 cm³/mol. The third kappa shape index (κ3) is 2.18. The molecule has 1 saturated heterocycles. The Morgan fingerprint density at radius 1 is 1.29 bits per heavy atom. The van der Waals surface area contributed by atoms with Gasteiger partial charge in [0.1, 0.15) is 11.6 Å². The number of ketones is 1. The standard InChI is InChI=1S/C12H11F2NO2/c1-7(15-6-9(16)5-12(15)17)10-4-8(13)2-3-11(10)14/h2-4,7H,5-6H2,1H3. The second-order valence-electron chi connectivity index (χ2n) is 4.08. The molecule has 5 heteroatoms. The molecule has 1 amide bonds. The first-order valence-electron chi connectivity index (χ1n) is 5.25. The number of halogens is 2. The summed E-state index contributed by atoms with van der Waals surface area (Å²) < 4.78 is 26.5. The summed E-state index contributed by atoms with van der Waals surface area (Å²) in [5.74, 6) is -1.68. The molecule has 0 aliphatic carbocycles. The van der Waals surface area contributed by atoms with Gasteiger partial charge in [0.2, 0.25) is 5.91 Å². The van der Waals surface area contributed by atoms with E-state index in [1.165, 1.54) is 4.90 Å². The molecule has 1 aromatic rings. The fourth-order valence-electron chi connectivity index (χ4n) is 1.96. The fourth-order valence-corrected chi connectivity index (χ4v) is 1.96. The molecule has 0 saturated carbocycles. The van der Waals surface area contributed by atoms with Crippen molar-refractivity contribution in [3.8, 4) is 0 Å². The van der Waals surface area contributed by atoms with Crippen molar-refractivity contribution in [1.29, 1.82) is 0 Å². The lowest BCUT2D eigenvalue weighted by Gasteiger charge is -2.24. The van der Waals surface area contributed by atoms with E-state index in [0.717, 1.165) is 18.2 Å². The van der Waals surface area contributed by atoms with Crippen molar-refractivity contribution in [1.82, 2.24) is 4.90 Å². The van der Waals surface area contributed by atoms with Crippen molar-refractivity contribution in [3.05, 3.63) is 35.4 Å². The van der Waals surface area contributed by atoms with Gasteiger partial charge in [0, 0.05) is 5.56 Å². The van der Waals surface area contributed by atoms with Crippen LogP contribution < -0.4 is 0 Å². The van der Waals surface area contributed by atoms with Crippen LogP contribution in [0.1, 0.15) is 24.9 Å². The highest BCUT2D eigenvalue weighted by Crippen LogP contribution is 2.26. The molecule has 0 bridgehead atoms. The molecular formula is C12H11F2NO2. The van der Waals surface area contributed by atoms with E-state index in [1.54, 1.807) is 6.92 Å². The quantitative estimate of drug-likeness (QED) is 0.738. The van der Waals surface area contributed by atoms with Crippen LogP contribution in [0.3, 0.4) is 0 Å². The number of benzene rings is 1. The number of hydrogen-bond donors (Lipinski definition) is 0. The largest absolute Gasteiger partial charge is 0.328 e. The normalized spacial score (nSPS) is 17.7. The molecule has 1 aliphatic heterocycles. The molecule has 1 atom stereocenters. The summed E-state index contributed by atoms with van der Waals surface area (Å²) in [4.78, 5) is 23.9. The van der Waals surface area contributed by atoms with Crippen LogP contribution in [-0.2, 0) is 9.59 Å². The minimum Gasteiger partial charge on any atom is -0.328 e. The zero-order chi connectivity index (χ0) is 12.6. The first-order valence-corrected chi connectivity index (χ1v) is 5.25. The molecule has 0 spiro atoms. The minimum absolute atomic E-state index is 0.0318. The molecule has 2 rings (SSSR count). The van der Waals surface area contributed by atoms with Gasteiger partial charge < -0.3 is 4.90 Å². The van der Waals surface area contributed by atoms with E-state index < -0.39 is 17.7 Å². The topological polar surface area (TPSA) is 37.4 Å². The number of carbonyl (C=O) groups excluding carboxylic acids is 2. The number of likely N-dealkylation sites (tertiary alicyclic amines) is 1. The molecule has 1 fully saturated rings. The number of Topliss-reactive ketones (excluding diaryl/α,β-unsaturated/α-hetero) is 1. The smallest absolute Gasteiger partial charge is 0.231 e. The minimum atomic E-state index is -0.635. The van der Waals surface area contributed by atoms with Gasteiger partial charge in [-0.2, -0.15) is 0 Å². The van der Waals surface area contributed by atoms with Gasteiger partial charge in [-0.3, -0.25) is 9.59 Å². The Kier molecular flexibility index (Phi) is 2.92. The lowest BCUT2D eigenvalue weighted by molar-refractivity contribution is -0.129. The third-order valence-corrected chi connectivity index (χ3v) is 2.89. The van der Waals surface area contributed by atoms with Crippen molar-refractivity contribution in [2.24, 2.45) is 0 Å². The summed E-state index contributed by atoms with van der Waals surface area (Å²) in [6.07, 6.45) is -0.152. The average molecular weight is 239 g/mol. The fraction of sp³-hybridized carbons (Fsp3) is 0.333. The summed E-state index contributed by atoms with van der Waals surface area (Å²) in [6.45, 7) is 1.55. The van der Waals surface area contributed by atoms with Gasteiger partial charge in [-0.05, 0) is 25.1 Å². The Balaban J connectivity index is 2.30. The van der Waals surface area contributed by atoms with E-state index in [0.29, 0.717) is 0 Å². The molecular weight excluding hydrogens is 228 g/mol. The lowest BCUT2D eigenvalue weighted by atomic mass is 10.1. The SMILES string of the molecule is CC(c1cc(F)ccc1F)N1CC(=O)CC1=O. The maximum absolute atomic E-state index is 13.5. The van der Waals surface area contributed by atoms with Crippen LogP contribution in [0, 0.1) is 11.6 Å². The molecule has 1 heterocycles. The summed E-state index contributed by atoms with van der Waals surface area (Å²) >= 11 is 0. The van der Waals surface area contributed by atoms with E-state index in [9.17, 15) is 18.4 Å². The van der Waals surface area contributed by atoms with Gasteiger partial charge in [0.15, 0.2) is 5.78 Å². The second-order valence-corrected chi connectivity index (χ2v) is 4.08. The Bertz CT molecular complexity index is 487. The second kappa shape index (κ2) is 4.24. The Hall–Kier alpha value is -1.78. The molecule has 1 aromatic carbocycles. The average Bonchev–Trinajstić information content (AvgIpc) is 2.60. The predicted octanol–water partition coefficient (Wildman–Crippen LogP) is 1.83. The molecule has 1 unspecified atom stereocenters.